The standard InChI is InChI=1S/C22H24O5S/c1-4-28(25,26)27-22-12-9-20(17(3)14-22)8-11-21(24)10-7-19-6-5-18(15-23)13-16(19)2/h5-14,23H,4,15H2,1-3H3. The largest absolute Gasteiger partial charge is 0.392 e. The summed E-state index contributed by atoms with van der Waals surface area (Å²) in [5, 5.41) is 9.14. The predicted molar refractivity (Wildman–Crippen MR) is 111 cm³/mol. The van der Waals surface area contributed by atoms with Gasteiger partial charge in [0.05, 0.1) is 12.4 Å². The molecule has 0 aromatic heterocycles. The lowest BCUT2D eigenvalue weighted by atomic mass is 10.0. The Morgan fingerprint density at radius 1 is 1.00 bits per heavy atom. The van der Waals surface area contributed by atoms with E-state index in [0.717, 1.165) is 27.8 Å². The molecule has 6 heteroatoms. The molecule has 0 heterocycles. The summed E-state index contributed by atoms with van der Waals surface area (Å²) in [6, 6.07) is 10.5. The average Bonchev–Trinajstić information content (AvgIpc) is 2.66. The molecule has 1 N–H and O–H groups in total. The topological polar surface area (TPSA) is 80.7 Å². The first-order chi connectivity index (χ1) is 13.2. The first-order valence-electron chi connectivity index (χ1n) is 8.87. The van der Waals surface area contributed by atoms with Gasteiger partial charge in [0.15, 0.2) is 5.78 Å². The number of rotatable bonds is 8. The summed E-state index contributed by atoms with van der Waals surface area (Å²) in [5.41, 5.74) is 4.32. The van der Waals surface area contributed by atoms with Gasteiger partial charge in [0.25, 0.3) is 0 Å². The fourth-order valence-electron chi connectivity index (χ4n) is 2.52. The highest BCUT2D eigenvalue weighted by atomic mass is 32.2. The third-order valence-electron chi connectivity index (χ3n) is 4.19. The van der Waals surface area contributed by atoms with Crippen molar-refractivity contribution in [3.63, 3.8) is 0 Å². The lowest BCUT2D eigenvalue weighted by Gasteiger charge is -2.07. The molecule has 0 amide bonds. The van der Waals surface area contributed by atoms with Gasteiger partial charge in [-0.15, -0.1) is 0 Å². The minimum absolute atomic E-state index is 0.0138. The molecule has 148 valence electrons. The molecule has 2 rings (SSSR count). The van der Waals surface area contributed by atoms with Gasteiger partial charge in [-0.1, -0.05) is 36.4 Å². The summed E-state index contributed by atoms with van der Waals surface area (Å²) in [5.74, 6) is -0.0139. The number of hydrogen-bond donors (Lipinski definition) is 1. The Kier molecular flexibility index (Phi) is 7.31. The zero-order valence-electron chi connectivity index (χ0n) is 16.2. The molecular weight excluding hydrogens is 376 g/mol. The molecule has 0 saturated carbocycles. The summed E-state index contributed by atoms with van der Waals surface area (Å²) in [7, 11) is -3.56. The van der Waals surface area contributed by atoms with Crippen molar-refractivity contribution in [2.45, 2.75) is 27.4 Å². The number of aliphatic hydroxyl groups excluding tert-OH is 1. The van der Waals surface area contributed by atoms with Crippen molar-refractivity contribution in [3.05, 3.63) is 76.4 Å². The third-order valence-corrected chi connectivity index (χ3v) is 5.34. The van der Waals surface area contributed by atoms with E-state index in [0.29, 0.717) is 0 Å². The van der Waals surface area contributed by atoms with Crippen molar-refractivity contribution >= 4 is 28.1 Å². The lowest BCUT2D eigenvalue weighted by Crippen LogP contribution is -2.11. The zero-order chi connectivity index (χ0) is 20.7. The molecule has 0 saturated heterocycles. The van der Waals surface area contributed by atoms with Crippen LogP contribution in [0.3, 0.4) is 0 Å². The second-order valence-electron chi connectivity index (χ2n) is 6.37. The number of aryl methyl sites for hydroxylation is 2. The van der Waals surface area contributed by atoms with E-state index in [9.17, 15) is 13.2 Å². The van der Waals surface area contributed by atoms with Crippen LogP contribution in [0.4, 0.5) is 0 Å². The SMILES string of the molecule is CCS(=O)(=O)Oc1ccc(C=CC(=O)C=Cc2ccc(CO)cc2C)c(C)c1. The Morgan fingerprint density at radius 3 is 2.07 bits per heavy atom. The maximum absolute atomic E-state index is 12.1. The van der Waals surface area contributed by atoms with E-state index in [1.807, 2.05) is 32.0 Å². The van der Waals surface area contributed by atoms with E-state index in [2.05, 4.69) is 0 Å². The third kappa shape index (κ3) is 6.18. The number of carbonyl (C=O) groups is 1. The van der Waals surface area contributed by atoms with Crippen molar-refractivity contribution in [3.8, 4) is 5.75 Å². The fourth-order valence-corrected chi connectivity index (χ4v) is 3.03. The Bertz CT molecular complexity index is 1020. The molecule has 0 atom stereocenters. The summed E-state index contributed by atoms with van der Waals surface area (Å²) in [6.07, 6.45) is 6.36. The second-order valence-corrected chi connectivity index (χ2v) is 8.23. The Labute approximate surface area is 166 Å². The van der Waals surface area contributed by atoms with Crippen LogP contribution in [-0.4, -0.2) is 25.1 Å². The van der Waals surface area contributed by atoms with Gasteiger partial charge in [-0.3, -0.25) is 4.79 Å². The summed E-state index contributed by atoms with van der Waals surface area (Å²) < 4.78 is 28.0. The van der Waals surface area contributed by atoms with Gasteiger partial charge >= 0.3 is 10.1 Å². The van der Waals surface area contributed by atoms with Crippen LogP contribution in [0.15, 0.2) is 48.6 Å². The van der Waals surface area contributed by atoms with Crippen molar-refractivity contribution in [2.24, 2.45) is 0 Å². The fraction of sp³-hybridized carbons (Fsp3) is 0.227. The second kappa shape index (κ2) is 9.48. The minimum Gasteiger partial charge on any atom is -0.392 e. The molecule has 0 aliphatic rings. The van der Waals surface area contributed by atoms with Gasteiger partial charge < -0.3 is 9.29 Å². The number of hydrogen-bond acceptors (Lipinski definition) is 5. The molecule has 2 aromatic carbocycles. The van der Waals surface area contributed by atoms with Crippen LogP contribution in [0.5, 0.6) is 5.75 Å². The zero-order valence-corrected chi connectivity index (χ0v) is 17.0. The predicted octanol–water partition coefficient (Wildman–Crippen LogP) is 3.82. The highest BCUT2D eigenvalue weighted by Crippen LogP contribution is 2.20. The van der Waals surface area contributed by atoms with Crippen LogP contribution >= 0.6 is 0 Å². The maximum Gasteiger partial charge on any atom is 0.308 e. The van der Waals surface area contributed by atoms with Crippen molar-refractivity contribution < 1.29 is 22.5 Å². The Balaban J connectivity index is 2.07. The van der Waals surface area contributed by atoms with Crippen molar-refractivity contribution in [1.82, 2.24) is 0 Å². The van der Waals surface area contributed by atoms with E-state index in [-0.39, 0.29) is 23.9 Å². The monoisotopic (exact) mass is 400 g/mol. The highest BCUT2D eigenvalue weighted by Gasteiger charge is 2.09. The van der Waals surface area contributed by atoms with E-state index >= 15 is 0 Å². The molecule has 28 heavy (non-hydrogen) atoms. The van der Waals surface area contributed by atoms with Crippen LogP contribution in [0, 0.1) is 13.8 Å². The quantitative estimate of drug-likeness (QED) is 0.538. The number of aliphatic hydroxyl groups is 1. The Morgan fingerprint density at radius 2 is 1.57 bits per heavy atom. The van der Waals surface area contributed by atoms with Crippen LogP contribution < -0.4 is 4.18 Å². The molecule has 0 bridgehead atoms. The van der Waals surface area contributed by atoms with Gasteiger partial charge in [0.1, 0.15) is 5.75 Å². The molecule has 0 fully saturated rings. The van der Waals surface area contributed by atoms with Crippen LogP contribution in [0.25, 0.3) is 12.2 Å². The molecule has 5 nitrogen and oxygen atoms in total. The molecule has 2 aromatic rings. The number of allylic oxidation sites excluding steroid dienone is 2. The normalized spacial score (nSPS) is 12.0. The van der Waals surface area contributed by atoms with Crippen molar-refractivity contribution in [1.29, 1.82) is 0 Å². The van der Waals surface area contributed by atoms with Gasteiger partial charge in [-0.05, 0) is 72.9 Å². The average molecular weight is 400 g/mol. The molecule has 0 aliphatic carbocycles. The van der Waals surface area contributed by atoms with Crippen molar-refractivity contribution in [2.75, 3.05) is 5.75 Å². The number of benzene rings is 2. The van der Waals surface area contributed by atoms with Gasteiger partial charge in [0.2, 0.25) is 0 Å². The maximum atomic E-state index is 12.1. The van der Waals surface area contributed by atoms with Crippen LogP contribution in [-0.2, 0) is 21.5 Å². The van der Waals surface area contributed by atoms with Gasteiger partial charge in [0, 0.05) is 0 Å². The van der Waals surface area contributed by atoms with Gasteiger partial charge in [-0.2, -0.15) is 8.42 Å². The molecule has 0 spiro atoms. The first-order valence-corrected chi connectivity index (χ1v) is 10.4. The van der Waals surface area contributed by atoms with E-state index in [4.69, 9.17) is 9.29 Å². The number of ketones is 1. The number of carbonyl (C=O) groups excluding carboxylic acids is 1. The summed E-state index contributed by atoms with van der Waals surface area (Å²) in [4.78, 5) is 12.1. The van der Waals surface area contributed by atoms with Crippen LogP contribution in [0.1, 0.15) is 34.7 Å². The van der Waals surface area contributed by atoms with Gasteiger partial charge in [-0.25, -0.2) is 0 Å². The van der Waals surface area contributed by atoms with Crippen LogP contribution in [0.2, 0.25) is 0 Å². The smallest absolute Gasteiger partial charge is 0.308 e. The first kappa shape index (κ1) is 21.6. The van der Waals surface area contributed by atoms with E-state index < -0.39 is 10.1 Å². The molecular formula is C22H24O5S. The molecule has 0 unspecified atom stereocenters. The van der Waals surface area contributed by atoms with E-state index in [1.54, 1.807) is 30.4 Å². The summed E-state index contributed by atoms with van der Waals surface area (Å²) >= 11 is 0. The molecule has 0 radical (unpaired) electrons. The Hall–Kier alpha value is -2.70. The van der Waals surface area contributed by atoms with E-state index in [1.165, 1.54) is 19.1 Å². The highest BCUT2D eigenvalue weighted by molar-refractivity contribution is 7.87. The molecule has 0 aliphatic heterocycles. The minimum atomic E-state index is -3.56. The lowest BCUT2D eigenvalue weighted by molar-refractivity contribution is -0.110. The summed E-state index contributed by atoms with van der Waals surface area (Å²) in [6.45, 7) is 5.24.